The van der Waals surface area contributed by atoms with E-state index in [1.165, 1.54) is 14.2 Å². The lowest BCUT2D eigenvalue weighted by Gasteiger charge is -2.28. The predicted molar refractivity (Wildman–Crippen MR) is 109 cm³/mol. The number of hydrogen-bond acceptors (Lipinski definition) is 5. The highest BCUT2D eigenvalue weighted by molar-refractivity contribution is 9.10. The van der Waals surface area contributed by atoms with Gasteiger partial charge in [0, 0.05) is 26.9 Å². The van der Waals surface area contributed by atoms with Crippen molar-refractivity contribution >= 4 is 45.3 Å². The molecular formula is C21H20BrClO5. The van der Waals surface area contributed by atoms with Crippen molar-refractivity contribution in [3.8, 4) is 0 Å². The normalized spacial score (nSPS) is 12.9. The second-order valence-electron chi connectivity index (χ2n) is 6.26. The smallest absolute Gasteiger partial charge is 0.320 e. The highest BCUT2D eigenvalue weighted by atomic mass is 79.9. The molecule has 0 amide bonds. The highest BCUT2D eigenvalue weighted by Crippen LogP contribution is 2.36. The summed E-state index contributed by atoms with van der Waals surface area (Å²) in [6.07, 6.45) is 0. The maximum Gasteiger partial charge on any atom is 0.320 e. The van der Waals surface area contributed by atoms with Crippen molar-refractivity contribution in [3.05, 3.63) is 69.2 Å². The molecule has 0 bridgehead atoms. The van der Waals surface area contributed by atoms with Crippen molar-refractivity contribution in [2.75, 3.05) is 14.2 Å². The number of Topliss-reactive ketones (excluding diaryl/α,β-unsaturated/α-hetero) is 1. The number of methoxy groups -OCH3 is 2. The lowest BCUT2D eigenvalue weighted by atomic mass is 9.74. The van der Waals surface area contributed by atoms with Crippen LogP contribution < -0.4 is 0 Å². The largest absolute Gasteiger partial charge is 0.468 e. The van der Waals surface area contributed by atoms with Gasteiger partial charge in [0.15, 0.2) is 11.7 Å². The van der Waals surface area contributed by atoms with E-state index in [9.17, 15) is 14.4 Å². The van der Waals surface area contributed by atoms with Gasteiger partial charge in [-0.25, -0.2) is 0 Å². The van der Waals surface area contributed by atoms with Crippen molar-refractivity contribution in [1.29, 1.82) is 0 Å². The van der Waals surface area contributed by atoms with Gasteiger partial charge in [-0.2, -0.15) is 0 Å². The zero-order valence-corrected chi connectivity index (χ0v) is 18.0. The molecule has 0 saturated heterocycles. The molecule has 7 heteroatoms. The van der Waals surface area contributed by atoms with Crippen LogP contribution >= 0.6 is 27.5 Å². The van der Waals surface area contributed by atoms with Crippen LogP contribution in [0.15, 0.2) is 53.0 Å². The van der Waals surface area contributed by atoms with Gasteiger partial charge in [0.25, 0.3) is 0 Å². The summed E-state index contributed by atoms with van der Waals surface area (Å²) in [5, 5.41) is 0.502. The quantitative estimate of drug-likeness (QED) is 0.336. The van der Waals surface area contributed by atoms with Gasteiger partial charge in [-0.05, 0) is 29.8 Å². The van der Waals surface area contributed by atoms with E-state index < -0.39 is 29.7 Å². The van der Waals surface area contributed by atoms with E-state index >= 15 is 0 Å². The van der Waals surface area contributed by atoms with Gasteiger partial charge in [0.2, 0.25) is 0 Å². The topological polar surface area (TPSA) is 69.7 Å². The summed E-state index contributed by atoms with van der Waals surface area (Å²) in [6.45, 7) is 1.68. The number of esters is 2. The van der Waals surface area contributed by atoms with Crippen molar-refractivity contribution in [2.24, 2.45) is 11.8 Å². The fraction of sp³-hybridized carbons (Fsp3) is 0.286. The summed E-state index contributed by atoms with van der Waals surface area (Å²) in [5.41, 5.74) is 1.09. The number of halogens is 2. The van der Waals surface area contributed by atoms with Gasteiger partial charge in [0.1, 0.15) is 0 Å². The third kappa shape index (κ3) is 5.00. The first-order valence-corrected chi connectivity index (χ1v) is 9.68. The van der Waals surface area contributed by atoms with Gasteiger partial charge in [-0.15, -0.1) is 0 Å². The molecule has 0 radical (unpaired) electrons. The van der Waals surface area contributed by atoms with E-state index in [2.05, 4.69) is 15.9 Å². The molecule has 2 aromatic rings. The fourth-order valence-electron chi connectivity index (χ4n) is 3.14. The Morgan fingerprint density at radius 2 is 1.39 bits per heavy atom. The minimum absolute atomic E-state index is 0.203. The molecule has 2 rings (SSSR count). The van der Waals surface area contributed by atoms with Crippen molar-refractivity contribution in [3.63, 3.8) is 0 Å². The number of carbonyl (C=O) groups excluding carboxylic acids is 3. The van der Waals surface area contributed by atoms with Gasteiger partial charge < -0.3 is 9.47 Å². The standard InChI is InChI=1S/C21H20BrClO5/c1-12(19(24)14-4-8-15(22)9-5-14)17(13-6-10-16(23)11-7-13)18(20(25)27-2)21(26)28-3/h4-12,17-18H,1-3H3/t12-,17+/m1/s1. The molecule has 0 fully saturated rings. The van der Waals surface area contributed by atoms with Crippen LogP contribution in [0.5, 0.6) is 0 Å². The first kappa shape index (κ1) is 22.1. The zero-order chi connectivity index (χ0) is 20.8. The number of ketones is 1. The highest BCUT2D eigenvalue weighted by Gasteiger charge is 2.43. The van der Waals surface area contributed by atoms with Crippen LogP contribution in [0.2, 0.25) is 5.02 Å². The Morgan fingerprint density at radius 3 is 1.86 bits per heavy atom. The first-order chi connectivity index (χ1) is 13.3. The summed E-state index contributed by atoms with van der Waals surface area (Å²) in [5.74, 6) is -4.50. The van der Waals surface area contributed by atoms with E-state index in [1.807, 2.05) is 0 Å². The SMILES string of the molecule is COC(=O)C(C(=O)OC)[C@H](c1ccc(Cl)cc1)[C@@H](C)C(=O)c1ccc(Br)cc1. The molecule has 0 N–H and O–H groups in total. The van der Waals surface area contributed by atoms with Gasteiger partial charge >= 0.3 is 11.9 Å². The lowest BCUT2D eigenvalue weighted by molar-refractivity contribution is -0.160. The van der Waals surface area contributed by atoms with E-state index in [4.69, 9.17) is 21.1 Å². The van der Waals surface area contributed by atoms with E-state index in [1.54, 1.807) is 55.5 Å². The monoisotopic (exact) mass is 466 g/mol. The molecule has 2 aromatic carbocycles. The molecule has 28 heavy (non-hydrogen) atoms. The minimum atomic E-state index is -1.29. The average molecular weight is 468 g/mol. The molecule has 148 valence electrons. The molecule has 0 spiro atoms. The van der Waals surface area contributed by atoms with Crippen LogP contribution in [0, 0.1) is 11.8 Å². The first-order valence-electron chi connectivity index (χ1n) is 8.51. The summed E-state index contributed by atoms with van der Waals surface area (Å²) >= 11 is 9.31. The summed E-state index contributed by atoms with van der Waals surface area (Å²) in [6, 6.07) is 13.6. The number of benzene rings is 2. The Kier molecular flexibility index (Phi) is 7.78. The molecule has 5 nitrogen and oxygen atoms in total. The number of hydrogen-bond donors (Lipinski definition) is 0. The van der Waals surface area contributed by atoms with Crippen LogP contribution in [0.4, 0.5) is 0 Å². The van der Waals surface area contributed by atoms with Gasteiger partial charge in [-0.1, -0.05) is 58.7 Å². The van der Waals surface area contributed by atoms with Crippen LogP contribution in [0.3, 0.4) is 0 Å². The number of carbonyl (C=O) groups is 3. The van der Waals surface area contributed by atoms with Crippen LogP contribution in [-0.2, 0) is 19.1 Å². The maximum atomic E-state index is 13.1. The summed E-state index contributed by atoms with van der Waals surface area (Å²) < 4.78 is 10.5. The molecule has 0 saturated carbocycles. The Balaban J connectivity index is 2.53. The van der Waals surface area contributed by atoms with E-state index in [-0.39, 0.29) is 5.78 Å². The summed E-state index contributed by atoms with van der Waals surface area (Å²) in [7, 11) is 2.39. The molecular weight excluding hydrogens is 448 g/mol. The molecule has 0 aliphatic carbocycles. The van der Waals surface area contributed by atoms with E-state index in [0.29, 0.717) is 16.1 Å². The van der Waals surface area contributed by atoms with Crippen LogP contribution in [0.1, 0.15) is 28.8 Å². The maximum absolute atomic E-state index is 13.1. The molecule has 0 aromatic heterocycles. The Morgan fingerprint density at radius 1 is 0.893 bits per heavy atom. The second-order valence-corrected chi connectivity index (χ2v) is 7.61. The summed E-state index contributed by atoms with van der Waals surface area (Å²) in [4.78, 5) is 38.0. The Bertz CT molecular complexity index is 832. The average Bonchev–Trinajstić information content (AvgIpc) is 2.71. The third-order valence-corrected chi connectivity index (χ3v) is 5.39. The van der Waals surface area contributed by atoms with Crippen molar-refractivity contribution < 1.29 is 23.9 Å². The van der Waals surface area contributed by atoms with Crippen LogP contribution in [0.25, 0.3) is 0 Å². The second kappa shape index (κ2) is 9.85. The Hall–Kier alpha value is -2.18. The van der Waals surface area contributed by atoms with Crippen LogP contribution in [-0.4, -0.2) is 31.9 Å². The molecule has 0 aliphatic rings. The fourth-order valence-corrected chi connectivity index (χ4v) is 3.53. The zero-order valence-electron chi connectivity index (χ0n) is 15.6. The minimum Gasteiger partial charge on any atom is -0.468 e. The van der Waals surface area contributed by atoms with Crippen molar-refractivity contribution in [2.45, 2.75) is 12.8 Å². The van der Waals surface area contributed by atoms with Gasteiger partial charge in [0.05, 0.1) is 14.2 Å². The number of ether oxygens (including phenoxy) is 2. The molecule has 0 heterocycles. The predicted octanol–water partition coefficient (Wildman–Crippen LogP) is 4.67. The third-order valence-electron chi connectivity index (χ3n) is 4.61. The number of rotatable bonds is 7. The lowest BCUT2D eigenvalue weighted by Crippen LogP contribution is -2.37. The Labute approximate surface area is 177 Å². The molecule has 0 aliphatic heterocycles. The molecule has 0 unspecified atom stereocenters. The van der Waals surface area contributed by atoms with Gasteiger partial charge in [-0.3, -0.25) is 14.4 Å². The molecule has 2 atom stereocenters. The van der Waals surface area contributed by atoms with E-state index in [0.717, 1.165) is 4.47 Å². The van der Waals surface area contributed by atoms with Crippen molar-refractivity contribution in [1.82, 2.24) is 0 Å².